The summed E-state index contributed by atoms with van der Waals surface area (Å²) in [6, 6.07) is 2.11. The highest BCUT2D eigenvalue weighted by molar-refractivity contribution is 5.72. The third-order valence-electron chi connectivity index (χ3n) is 3.19. The maximum absolute atomic E-state index is 11.5. The van der Waals surface area contributed by atoms with Gasteiger partial charge in [-0.2, -0.15) is 10.4 Å². The molecule has 0 bridgehead atoms. The molecular weight excluding hydrogens is 260 g/mol. The van der Waals surface area contributed by atoms with E-state index in [-0.39, 0.29) is 24.0 Å². The van der Waals surface area contributed by atoms with Crippen LogP contribution in [0.15, 0.2) is 0 Å². The van der Waals surface area contributed by atoms with Crippen molar-refractivity contribution in [1.82, 2.24) is 9.78 Å². The highest BCUT2D eigenvalue weighted by atomic mass is 16.5. The molecule has 0 amide bonds. The third kappa shape index (κ3) is 2.67. The first kappa shape index (κ1) is 14.1. The van der Waals surface area contributed by atoms with Gasteiger partial charge >= 0.3 is 5.97 Å². The second-order valence-electron chi connectivity index (χ2n) is 4.65. The molecule has 1 aromatic rings. The van der Waals surface area contributed by atoms with Gasteiger partial charge in [0.25, 0.3) is 0 Å². The minimum Gasteiger partial charge on any atom is -0.465 e. The summed E-state index contributed by atoms with van der Waals surface area (Å²) in [5.74, 6) is 0.231. The van der Waals surface area contributed by atoms with Gasteiger partial charge in [0.2, 0.25) is 0 Å². The Morgan fingerprint density at radius 3 is 2.95 bits per heavy atom. The number of aromatic nitrogens is 2. The van der Waals surface area contributed by atoms with E-state index in [9.17, 15) is 10.1 Å². The lowest BCUT2D eigenvalue weighted by molar-refractivity contribution is -0.143. The molecule has 1 saturated heterocycles. The van der Waals surface area contributed by atoms with Crippen molar-refractivity contribution < 1.29 is 9.53 Å². The van der Waals surface area contributed by atoms with Crippen LogP contribution in [-0.2, 0) is 16.1 Å². The number of carbonyl (C=O) groups is 1. The predicted molar refractivity (Wildman–Crippen MR) is 72.8 cm³/mol. The van der Waals surface area contributed by atoms with Crippen molar-refractivity contribution in [3.63, 3.8) is 0 Å². The fourth-order valence-corrected chi connectivity index (χ4v) is 2.22. The predicted octanol–water partition coefficient (Wildman–Crippen LogP) is -0.563. The lowest BCUT2D eigenvalue weighted by Gasteiger charge is -2.14. The lowest BCUT2D eigenvalue weighted by Crippen LogP contribution is -2.27. The van der Waals surface area contributed by atoms with Gasteiger partial charge < -0.3 is 21.1 Å². The molecule has 1 unspecified atom stereocenters. The number of rotatable bonds is 4. The number of nitrogens with zero attached hydrogens (tertiary/aromatic N) is 4. The topological polar surface area (TPSA) is 123 Å². The number of anilines is 2. The number of nitrogen functional groups attached to an aromatic ring is 1. The number of nitriles is 1. The molecule has 1 aliphatic rings. The first-order valence-corrected chi connectivity index (χ1v) is 6.49. The molecule has 0 saturated carbocycles. The molecule has 2 rings (SSSR count). The van der Waals surface area contributed by atoms with E-state index in [1.807, 2.05) is 11.0 Å². The zero-order valence-corrected chi connectivity index (χ0v) is 11.4. The highest BCUT2D eigenvalue weighted by Crippen LogP contribution is 2.27. The van der Waals surface area contributed by atoms with E-state index in [4.69, 9.17) is 16.2 Å². The van der Waals surface area contributed by atoms with Gasteiger partial charge in [-0.3, -0.25) is 4.79 Å². The Balaban J connectivity index is 2.25. The van der Waals surface area contributed by atoms with Crippen LogP contribution in [0.5, 0.6) is 0 Å². The van der Waals surface area contributed by atoms with E-state index in [1.165, 1.54) is 4.68 Å². The van der Waals surface area contributed by atoms with Crippen LogP contribution in [0.25, 0.3) is 0 Å². The van der Waals surface area contributed by atoms with Crippen molar-refractivity contribution in [2.45, 2.75) is 25.9 Å². The summed E-state index contributed by atoms with van der Waals surface area (Å²) in [7, 11) is 0. The maximum Gasteiger partial charge on any atom is 0.327 e. The van der Waals surface area contributed by atoms with Crippen LogP contribution in [0.1, 0.15) is 18.9 Å². The molecule has 0 aromatic carbocycles. The number of ether oxygens (including phenoxy) is 1. The van der Waals surface area contributed by atoms with E-state index in [0.717, 1.165) is 13.0 Å². The fourth-order valence-electron chi connectivity index (χ4n) is 2.22. The van der Waals surface area contributed by atoms with Crippen LogP contribution >= 0.6 is 0 Å². The largest absolute Gasteiger partial charge is 0.465 e. The monoisotopic (exact) mass is 278 g/mol. The Morgan fingerprint density at radius 1 is 1.65 bits per heavy atom. The number of esters is 1. The highest BCUT2D eigenvalue weighted by Gasteiger charge is 2.27. The van der Waals surface area contributed by atoms with E-state index in [2.05, 4.69) is 5.10 Å². The van der Waals surface area contributed by atoms with Crippen LogP contribution in [0.3, 0.4) is 0 Å². The molecular formula is C12H18N6O2. The van der Waals surface area contributed by atoms with Gasteiger partial charge in [-0.25, -0.2) is 4.68 Å². The third-order valence-corrected chi connectivity index (χ3v) is 3.19. The molecule has 4 N–H and O–H groups in total. The van der Waals surface area contributed by atoms with Gasteiger partial charge in [0.15, 0.2) is 5.82 Å². The van der Waals surface area contributed by atoms with Crippen LogP contribution in [0.4, 0.5) is 11.6 Å². The zero-order valence-electron chi connectivity index (χ0n) is 11.4. The smallest absolute Gasteiger partial charge is 0.327 e. The van der Waals surface area contributed by atoms with E-state index in [0.29, 0.717) is 19.0 Å². The number of nitrogens with two attached hydrogens (primary N) is 2. The molecule has 8 nitrogen and oxygen atoms in total. The Labute approximate surface area is 116 Å². The summed E-state index contributed by atoms with van der Waals surface area (Å²) in [4.78, 5) is 13.4. The Hall–Kier alpha value is -2.27. The number of carbonyl (C=O) groups excluding carboxylic acids is 1. The van der Waals surface area contributed by atoms with Crippen molar-refractivity contribution >= 4 is 17.6 Å². The van der Waals surface area contributed by atoms with Crippen molar-refractivity contribution in [3.8, 4) is 6.07 Å². The normalized spacial score (nSPS) is 18.1. The molecule has 0 spiro atoms. The summed E-state index contributed by atoms with van der Waals surface area (Å²) in [6.07, 6.45) is 0.843. The Morgan fingerprint density at radius 2 is 2.40 bits per heavy atom. The summed E-state index contributed by atoms with van der Waals surface area (Å²) in [6.45, 7) is 3.27. The summed E-state index contributed by atoms with van der Waals surface area (Å²) >= 11 is 0. The van der Waals surface area contributed by atoms with Gasteiger partial charge in [-0.1, -0.05) is 0 Å². The second kappa shape index (κ2) is 5.79. The lowest BCUT2D eigenvalue weighted by atomic mass is 10.3. The molecule has 20 heavy (non-hydrogen) atoms. The molecule has 1 atom stereocenters. The minimum atomic E-state index is -0.434. The van der Waals surface area contributed by atoms with Gasteiger partial charge in [-0.15, -0.1) is 0 Å². The van der Waals surface area contributed by atoms with Gasteiger partial charge in [0.05, 0.1) is 6.61 Å². The van der Waals surface area contributed by atoms with Gasteiger partial charge in [-0.05, 0) is 13.3 Å². The molecule has 1 fully saturated rings. The van der Waals surface area contributed by atoms with E-state index in [1.54, 1.807) is 6.92 Å². The molecule has 0 aliphatic carbocycles. The van der Waals surface area contributed by atoms with Crippen molar-refractivity contribution in [1.29, 1.82) is 5.26 Å². The molecule has 1 aromatic heterocycles. The molecule has 2 heterocycles. The van der Waals surface area contributed by atoms with Crippen LogP contribution in [0, 0.1) is 11.3 Å². The summed E-state index contributed by atoms with van der Waals surface area (Å²) < 4.78 is 6.16. The van der Waals surface area contributed by atoms with Gasteiger partial charge in [0.1, 0.15) is 24.0 Å². The van der Waals surface area contributed by atoms with Gasteiger partial charge in [0, 0.05) is 19.1 Å². The van der Waals surface area contributed by atoms with Crippen molar-refractivity contribution in [2.24, 2.45) is 5.73 Å². The van der Waals surface area contributed by atoms with Crippen LogP contribution in [-0.4, -0.2) is 41.5 Å². The average molecular weight is 278 g/mol. The molecule has 108 valence electrons. The Kier molecular flexibility index (Phi) is 4.10. The standard InChI is InChI=1S/C12H18N6O2/c1-2-20-10(19)7-18-11(15)9(5-13)12(16-18)17-4-3-8(14)6-17/h8H,2-4,6-7,14-15H2,1H3. The minimum absolute atomic E-state index is 0.0676. The van der Waals surface area contributed by atoms with E-state index >= 15 is 0 Å². The number of hydrogen-bond acceptors (Lipinski definition) is 7. The summed E-state index contributed by atoms with van der Waals surface area (Å²) in [5, 5.41) is 13.5. The fraction of sp³-hybridized carbons (Fsp3) is 0.583. The van der Waals surface area contributed by atoms with Crippen molar-refractivity contribution in [3.05, 3.63) is 5.56 Å². The second-order valence-corrected chi connectivity index (χ2v) is 4.65. The maximum atomic E-state index is 11.5. The zero-order chi connectivity index (χ0) is 14.7. The number of hydrogen-bond donors (Lipinski definition) is 2. The van der Waals surface area contributed by atoms with E-state index < -0.39 is 5.97 Å². The average Bonchev–Trinajstić information content (AvgIpc) is 2.95. The summed E-state index contributed by atoms with van der Waals surface area (Å²) in [5.41, 5.74) is 12.0. The SMILES string of the molecule is CCOC(=O)Cn1nc(N2CCC(N)C2)c(C#N)c1N. The molecule has 1 aliphatic heterocycles. The first-order valence-electron chi connectivity index (χ1n) is 6.49. The molecule has 8 heteroatoms. The van der Waals surface area contributed by atoms with Crippen LogP contribution in [0.2, 0.25) is 0 Å². The molecule has 0 radical (unpaired) electrons. The van der Waals surface area contributed by atoms with Crippen LogP contribution < -0.4 is 16.4 Å². The first-order chi connectivity index (χ1) is 9.56. The van der Waals surface area contributed by atoms with Crippen molar-refractivity contribution in [2.75, 3.05) is 30.3 Å². The Bertz CT molecular complexity index is 547. The quantitative estimate of drug-likeness (QED) is 0.707.